The summed E-state index contributed by atoms with van der Waals surface area (Å²) in [5, 5.41) is 3.19. The molecule has 0 aliphatic carbocycles. The van der Waals surface area contributed by atoms with Crippen LogP contribution in [0.15, 0.2) is 30.7 Å². The fraction of sp³-hybridized carbons (Fsp3) is 0.308. The van der Waals surface area contributed by atoms with Gasteiger partial charge in [-0.25, -0.2) is 9.97 Å². The lowest BCUT2D eigenvalue weighted by atomic mass is 10.1. The van der Waals surface area contributed by atoms with Gasteiger partial charge in [-0.15, -0.1) is 0 Å². The summed E-state index contributed by atoms with van der Waals surface area (Å²) in [7, 11) is 0. The summed E-state index contributed by atoms with van der Waals surface area (Å²) in [5.74, 6) is 0.677. The van der Waals surface area contributed by atoms with Crippen molar-refractivity contribution in [1.29, 1.82) is 0 Å². The van der Waals surface area contributed by atoms with Gasteiger partial charge in [0.25, 0.3) is 0 Å². The van der Waals surface area contributed by atoms with Gasteiger partial charge in [0.2, 0.25) is 5.95 Å². The number of hydrogen-bond acceptors (Lipinski definition) is 4. The zero-order chi connectivity index (χ0) is 12.1. The SMILES string of the molecule is CCCNc1ncc(C)c(-c2cccnc2)n1. The van der Waals surface area contributed by atoms with E-state index in [-0.39, 0.29) is 0 Å². The van der Waals surface area contributed by atoms with Crippen LogP contribution in [-0.4, -0.2) is 21.5 Å². The number of aryl methyl sites for hydroxylation is 1. The van der Waals surface area contributed by atoms with E-state index in [1.807, 2.05) is 31.5 Å². The van der Waals surface area contributed by atoms with Gasteiger partial charge in [-0.3, -0.25) is 4.98 Å². The van der Waals surface area contributed by atoms with E-state index in [0.29, 0.717) is 5.95 Å². The summed E-state index contributed by atoms with van der Waals surface area (Å²) in [5.41, 5.74) is 3.01. The first kappa shape index (κ1) is 11.5. The van der Waals surface area contributed by atoms with Crippen LogP contribution in [0.25, 0.3) is 11.3 Å². The lowest BCUT2D eigenvalue weighted by Gasteiger charge is -2.07. The van der Waals surface area contributed by atoms with Crippen LogP contribution in [0.3, 0.4) is 0 Å². The van der Waals surface area contributed by atoms with Gasteiger partial charge < -0.3 is 5.32 Å². The van der Waals surface area contributed by atoms with E-state index < -0.39 is 0 Å². The fourth-order valence-electron chi connectivity index (χ4n) is 1.56. The molecule has 0 aliphatic heterocycles. The molecule has 0 saturated carbocycles. The Kier molecular flexibility index (Phi) is 3.65. The Bertz CT molecular complexity index is 482. The van der Waals surface area contributed by atoms with Crippen LogP contribution in [0.2, 0.25) is 0 Å². The van der Waals surface area contributed by atoms with Gasteiger partial charge in [0.05, 0.1) is 5.69 Å². The number of anilines is 1. The van der Waals surface area contributed by atoms with Gasteiger partial charge in [-0.05, 0) is 31.0 Å². The van der Waals surface area contributed by atoms with E-state index in [1.54, 1.807) is 6.20 Å². The monoisotopic (exact) mass is 228 g/mol. The summed E-state index contributed by atoms with van der Waals surface area (Å²) in [6, 6.07) is 3.92. The average Bonchev–Trinajstić information content (AvgIpc) is 2.39. The highest BCUT2D eigenvalue weighted by Gasteiger charge is 2.05. The predicted octanol–water partition coefficient (Wildman–Crippen LogP) is 2.67. The predicted molar refractivity (Wildman–Crippen MR) is 68.8 cm³/mol. The fourth-order valence-corrected chi connectivity index (χ4v) is 1.56. The minimum atomic E-state index is 0.677. The molecule has 2 rings (SSSR count). The van der Waals surface area contributed by atoms with Gasteiger partial charge in [-0.1, -0.05) is 6.92 Å². The topological polar surface area (TPSA) is 50.7 Å². The molecule has 2 aromatic rings. The maximum Gasteiger partial charge on any atom is 0.223 e. The van der Waals surface area contributed by atoms with Crippen LogP contribution in [0.1, 0.15) is 18.9 Å². The molecule has 0 radical (unpaired) electrons. The molecule has 88 valence electrons. The highest BCUT2D eigenvalue weighted by atomic mass is 15.1. The smallest absolute Gasteiger partial charge is 0.223 e. The van der Waals surface area contributed by atoms with E-state index in [0.717, 1.165) is 29.8 Å². The Morgan fingerprint density at radius 1 is 1.29 bits per heavy atom. The summed E-state index contributed by atoms with van der Waals surface area (Å²) >= 11 is 0. The van der Waals surface area contributed by atoms with Gasteiger partial charge in [0.1, 0.15) is 0 Å². The van der Waals surface area contributed by atoms with Crippen LogP contribution in [0, 0.1) is 6.92 Å². The Hall–Kier alpha value is -1.97. The van der Waals surface area contributed by atoms with Crippen molar-refractivity contribution in [2.24, 2.45) is 0 Å². The second-order valence-corrected chi connectivity index (χ2v) is 3.89. The minimum absolute atomic E-state index is 0.677. The number of nitrogens with one attached hydrogen (secondary N) is 1. The number of nitrogens with zero attached hydrogens (tertiary/aromatic N) is 3. The van der Waals surface area contributed by atoms with Crippen LogP contribution >= 0.6 is 0 Å². The molecular formula is C13H16N4. The lowest BCUT2D eigenvalue weighted by molar-refractivity contribution is 0.950. The average molecular weight is 228 g/mol. The highest BCUT2D eigenvalue weighted by molar-refractivity contribution is 5.62. The number of rotatable bonds is 4. The zero-order valence-electron chi connectivity index (χ0n) is 10.1. The summed E-state index contributed by atoms with van der Waals surface area (Å²) in [6.07, 6.45) is 6.47. The molecule has 0 spiro atoms. The first-order chi connectivity index (χ1) is 8.31. The van der Waals surface area contributed by atoms with Gasteiger partial charge in [0.15, 0.2) is 0 Å². The van der Waals surface area contributed by atoms with Gasteiger partial charge in [0, 0.05) is 30.7 Å². The molecule has 0 unspecified atom stereocenters. The van der Waals surface area contributed by atoms with Crippen LogP contribution in [0.5, 0.6) is 0 Å². The van der Waals surface area contributed by atoms with E-state index in [1.165, 1.54) is 0 Å². The van der Waals surface area contributed by atoms with Crippen molar-refractivity contribution in [1.82, 2.24) is 15.0 Å². The van der Waals surface area contributed by atoms with Gasteiger partial charge >= 0.3 is 0 Å². The molecule has 0 fully saturated rings. The molecule has 0 atom stereocenters. The van der Waals surface area contributed by atoms with E-state index in [4.69, 9.17) is 0 Å². The van der Waals surface area contributed by atoms with Crippen molar-refractivity contribution in [3.05, 3.63) is 36.3 Å². The second kappa shape index (κ2) is 5.39. The molecule has 0 bridgehead atoms. The molecular weight excluding hydrogens is 212 g/mol. The molecule has 0 amide bonds. The third-order valence-electron chi connectivity index (χ3n) is 2.44. The summed E-state index contributed by atoms with van der Waals surface area (Å²) in [6.45, 7) is 5.00. The van der Waals surface area contributed by atoms with Crippen molar-refractivity contribution in [3.8, 4) is 11.3 Å². The van der Waals surface area contributed by atoms with Crippen LogP contribution in [-0.2, 0) is 0 Å². The van der Waals surface area contributed by atoms with E-state index >= 15 is 0 Å². The van der Waals surface area contributed by atoms with Crippen molar-refractivity contribution in [2.75, 3.05) is 11.9 Å². The largest absolute Gasteiger partial charge is 0.354 e. The highest BCUT2D eigenvalue weighted by Crippen LogP contribution is 2.20. The maximum absolute atomic E-state index is 4.52. The Morgan fingerprint density at radius 3 is 2.88 bits per heavy atom. The lowest BCUT2D eigenvalue weighted by Crippen LogP contribution is -2.05. The third kappa shape index (κ3) is 2.78. The molecule has 0 aliphatic rings. The van der Waals surface area contributed by atoms with Crippen molar-refractivity contribution >= 4 is 5.95 Å². The van der Waals surface area contributed by atoms with E-state index in [9.17, 15) is 0 Å². The Morgan fingerprint density at radius 2 is 2.18 bits per heavy atom. The van der Waals surface area contributed by atoms with Crippen molar-refractivity contribution in [3.63, 3.8) is 0 Å². The number of pyridine rings is 1. The van der Waals surface area contributed by atoms with Crippen LogP contribution in [0.4, 0.5) is 5.95 Å². The molecule has 0 saturated heterocycles. The first-order valence-corrected chi connectivity index (χ1v) is 5.79. The zero-order valence-corrected chi connectivity index (χ0v) is 10.1. The van der Waals surface area contributed by atoms with Crippen LogP contribution < -0.4 is 5.32 Å². The number of aromatic nitrogens is 3. The second-order valence-electron chi connectivity index (χ2n) is 3.89. The first-order valence-electron chi connectivity index (χ1n) is 5.79. The minimum Gasteiger partial charge on any atom is -0.354 e. The molecule has 4 heteroatoms. The Labute approximate surface area is 101 Å². The van der Waals surface area contributed by atoms with E-state index in [2.05, 4.69) is 27.2 Å². The summed E-state index contributed by atoms with van der Waals surface area (Å²) < 4.78 is 0. The molecule has 0 aromatic carbocycles. The van der Waals surface area contributed by atoms with Crippen molar-refractivity contribution < 1.29 is 0 Å². The molecule has 2 heterocycles. The maximum atomic E-state index is 4.52. The number of hydrogen-bond donors (Lipinski definition) is 1. The van der Waals surface area contributed by atoms with Gasteiger partial charge in [-0.2, -0.15) is 0 Å². The third-order valence-corrected chi connectivity index (χ3v) is 2.44. The Balaban J connectivity index is 2.33. The normalized spacial score (nSPS) is 10.2. The molecule has 17 heavy (non-hydrogen) atoms. The molecule has 2 aromatic heterocycles. The summed E-state index contributed by atoms with van der Waals surface area (Å²) in [4.78, 5) is 12.9. The quantitative estimate of drug-likeness (QED) is 0.874. The molecule has 4 nitrogen and oxygen atoms in total. The van der Waals surface area contributed by atoms with Crippen molar-refractivity contribution in [2.45, 2.75) is 20.3 Å². The standard InChI is InChI=1S/C13H16N4/c1-3-6-15-13-16-8-10(2)12(17-13)11-5-4-7-14-9-11/h4-5,7-9H,3,6H2,1-2H3,(H,15,16,17). The molecule has 1 N–H and O–H groups in total.